The zero-order valence-electron chi connectivity index (χ0n) is 16.1. The van der Waals surface area contributed by atoms with Crippen molar-refractivity contribution in [2.45, 2.75) is 37.7 Å². The molecule has 1 saturated heterocycles. The van der Waals surface area contributed by atoms with Gasteiger partial charge in [-0.05, 0) is 49.4 Å². The number of benzene rings is 1. The second-order valence-electron chi connectivity index (χ2n) is 8.38. The molecular formula is C21H24FN5O2. The van der Waals surface area contributed by atoms with Crippen molar-refractivity contribution < 1.29 is 14.6 Å². The van der Waals surface area contributed by atoms with Crippen LogP contribution < -0.4 is 4.90 Å². The fourth-order valence-electron chi connectivity index (χ4n) is 4.39. The van der Waals surface area contributed by atoms with E-state index in [-0.39, 0.29) is 12.4 Å². The van der Waals surface area contributed by atoms with Gasteiger partial charge in [-0.1, -0.05) is 12.1 Å². The van der Waals surface area contributed by atoms with Gasteiger partial charge >= 0.3 is 0 Å². The molecule has 1 aliphatic heterocycles. The molecule has 5 rings (SSSR count). The van der Waals surface area contributed by atoms with Crippen molar-refractivity contribution in [3.05, 3.63) is 53.7 Å². The van der Waals surface area contributed by atoms with Gasteiger partial charge in [0.1, 0.15) is 12.1 Å². The standard InChI is InChI=1S/C21H24FN5O2/c22-16-5-1-14(2-6-16)10-21(12-28)11-26(8-7-19(21)29)18-9-17(15-3-4-15)25-27-13-23-24-20(18)27/h1-2,5-6,9,13,15,19,28-29H,3-4,7-8,10-12H2/t19-,21-/m0/s1. The SMILES string of the molecule is OC[C@]1(Cc2ccc(F)cc2)CN(c2cc(C3CC3)nn3cnnc23)CC[C@@H]1O. The molecule has 2 N–H and O–H groups in total. The highest BCUT2D eigenvalue weighted by Crippen LogP contribution is 2.42. The van der Waals surface area contributed by atoms with Gasteiger partial charge in [0.05, 0.1) is 24.1 Å². The Morgan fingerprint density at radius 1 is 1.17 bits per heavy atom. The third kappa shape index (κ3) is 3.36. The Kier molecular flexibility index (Phi) is 4.48. The summed E-state index contributed by atoms with van der Waals surface area (Å²) in [6.07, 6.45) is 4.25. The van der Waals surface area contributed by atoms with Crippen LogP contribution in [0.2, 0.25) is 0 Å². The van der Waals surface area contributed by atoms with E-state index in [4.69, 9.17) is 0 Å². The first-order valence-corrected chi connectivity index (χ1v) is 10.1. The van der Waals surface area contributed by atoms with Gasteiger partial charge in [0.25, 0.3) is 0 Å². The maximum Gasteiger partial charge on any atom is 0.200 e. The highest BCUT2D eigenvalue weighted by Gasteiger charge is 2.43. The van der Waals surface area contributed by atoms with Crippen molar-refractivity contribution in [2.24, 2.45) is 5.41 Å². The summed E-state index contributed by atoms with van der Waals surface area (Å²) in [4.78, 5) is 2.17. The minimum absolute atomic E-state index is 0.161. The molecule has 0 amide bonds. The van der Waals surface area contributed by atoms with Crippen LogP contribution >= 0.6 is 0 Å². The summed E-state index contributed by atoms with van der Waals surface area (Å²) in [5.74, 6) is 0.189. The fourth-order valence-corrected chi connectivity index (χ4v) is 4.39. The number of nitrogens with zero attached hydrogens (tertiary/aromatic N) is 5. The molecule has 0 radical (unpaired) electrons. The fraction of sp³-hybridized carbons (Fsp3) is 0.476. The lowest BCUT2D eigenvalue weighted by molar-refractivity contribution is -0.0291. The smallest absolute Gasteiger partial charge is 0.200 e. The number of piperidine rings is 1. The minimum Gasteiger partial charge on any atom is -0.396 e. The molecule has 1 saturated carbocycles. The number of aliphatic hydroxyl groups is 2. The summed E-state index contributed by atoms with van der Waals surface area (Å²) < 4.78 is 15.0. The van der Waals surface area contributed by atoms with Gasteiger partial charge in [0, 0.05) is 24.4 Å². The van der Waals surface area contributed by atoms with E-state index in [2.05, 4.69) is 26.3 Å². The molecule has 0 unspecified atom stereocenters. The lowest BCUT2D eigenvalue weighted by Crippen LogP contribution is -2.55. The number of aromatic nitrogens is 4. The summed E-state index contributed by atoms with van der Waals surface area (Å²) in [7, 11) is 0. The van der Waals surface area contributed by atoms with Crippen LogP contribution in [0.3, 0.4) is 0 Å². The topological polar surface area (TPSA) is 86.8 Å². The highest BCUT2D eigenvalue weighted by atomic mass is 19.1. The van der Waals surface area contributed by atoms with E-state index in [0.717, 1.165) is 29.8 Å². The molecule has 8 heteroatoms. The summed E-state index contributed by atoms with van der Waals surface area (Å²) in [6.45, 7) is 0.966. The molecule has 2 fully saturated rings. The van der Waals surface area contributed by atoms with Gasteiger partial charge in [0.15, 0.2) is 0 Å². The van der Waals surface area contributed by atoms with Crippen molar-refractivity contribution in [3.8, 4) is 0 Å². The third-order valence-corrected chi connectivity index (χ3v) is 6.27. The first kappa shape index (κ1) is 18.4. The van der Waals surface area contributed by atoms with Crippen LogP contribution in [0.25, 0.3) is 5.65 Å². The van der Waals surface area contributed by atoms with Crippen LogP contribution in [0.15, 0.2) is 36.7 Å². The number of hydrogen-bond donors (Lipinski definition) is 2. The van der Waals surface area contributed by atoms with Gasteiger partial charge in [-0.15, -0.1) is 10.2 Å². The molecule has 2 aliphatic rings. The van der Waals surface area contributed by atoms with E-state index in [1.165, 1.54) is 12.1 Å². The van der Waals surface area contributed by atoms with Crippen molar-refractivity contribution in [1.29, 1.82) is 0 Å². The van der Waals surface area contributed by atoms with Gasteiger partial charge in [-0.3, -0.25) is 0 Å². The Hall–Kier alpha value is -2.58. The number of halogens is 1. The molecule has 3 aromatic rings. The second-order valence-corrected chi connectivity index (χ2v) is 8.38. The predicted molar refractivity (Wildman–Crippen MR) is 105 cm³/mol. The number of hydrogen-bond acceptors (Lipinski definition) is 6. The van der Waals surface area contributed by atoms with Crippen molar-refractivity contribution in [1.82, 2.24) is 19.8 Å². The Morgan fingerprint density at radius 2 is 1.97 bits per heavy atom. The Balaban J connectivity index is 1.49. The second kappa shape index (κ2) is 7.03. The van der Waals surface area contributed by atoms with Crippen molar-refractivity contribution in [3.63, 3.8) is 0 Å². The molecule has 152 valence electrons. The van der Waals surface area contributed by atoms with Crippen LogP contribution in [0.4, 0.5) is 10.1 Å². The summed E-state index contributed by atoms with van der Waals surface area (Å²) in [6, 6.07) is 8.34. The lowest BCUT2D eigenvalue weighted by Gasteiger charge is -2.46. The number of rotatable bonds is 5. The number of anilines is 1. The zero-order chi connectivity index (χ0) is 20.0. The Labute approximate surface area is 167 Å². The van der Waals surface area contributed by atoms with Crippen molar-refractivity contribution in [2.75, 3.05) is 24.6 Å². The average molecular weight is 397 g/mol. The summed E-state index contributed by atoms with van der Waals surface area (Å²) in [5, 5.41) is 34.0. The minimum atomic E-state index is -0.740. The zero-order valence-corrected chi connectivity index (χ0v) is 16.1. The van der Waals surface area contributed by atoms with E-state index < -0.39 is 11.5 Å². The van der Waals surface area contributed by atoms with Gasteiger partial charge < -0.3 is 15.1 Å². The van der Waals surface area contributed by atoms with Crippen molar-refractivity contribution >= 4 is 11.3 Å². The molecule has 7 nitrogen and oxygen atoms in total. The van der Waals surface area contributed by atoms with Gasteiger partial charge in [-0.25, -0.2) is 4.39 Å². The lowest BCUT2D eigenvalue weighted by atomic mass is 9.73. The van der Waals surface area contributed by atoms with Gasteiger partial charge in [0.2, 0.25) is 5.65 Å². The molecule has 1 aliphatic carbocycles. The first-order chi connectivity index (χ1) is 14.1. The van der Waals surface area contributed by atoms with Gasteiger partial charge in [-0.2, -0.15) is 9.61 Å². The monoisotopic (exact) mass is 397 g/mol. The van der Waals surface area contributed by atoms with Crippen LogP contribution in [-0.4, -0.2) is 55.8 Å². The van der Waals surface area contributed by atoms with E-state index in [0.29, 0.717) is 37.5 Å². The summed E-state index contributed by atoms with van der Waals surface area (Å²) in [5.41, 5.74) is 2.80. The summed E-state index contributed by atoms with van der Waals surface area (Å²) >= 11 is 0. The third-order valence-electron chi connectivity index (χ3n) is 6.27. The largest absolute Gasteiger partial charge is 0.396 e. The maximum absolute atomic E-state index is 13.3. The van der Waals surface area contributed by atoms with E-state index >= 15 is 0 Å². The predicted octanol–water partition coefficient (Wildman–Crippen LogP) is 1.93. The van der Waals surface area contributed by atoms with Crippen LogP contribution in [0.1, 0.15) is 36.4 Å². The molecule has 2 atom stereocenters. The molecule has 1 aromatic carbocycles. The van der Waals surface area contributed by atoms with Crippen LogP contribution in [-0.2, 0) is 6.42 Å². The number of fused-ring (bicyclic) bond motifs is 1. The Morgan fingerprint density at radius 3 is 2.69 bits per heavy atom. The molecule has 0 bridgehead atoms. The van der Waals surface area contributed by atoms with E-state index in [1.807, 2.05) is 0 Å². The quantitative estimate of drug-likeness (QED) is 0.684. The van der Waals surface area contributed by atoms with E-state index in [9.17, 15) is 14.6 Å². The van der Waals surface area contributed by atoms with Crippen LogP contribution in [0, 0.1) is 11.2 Å². The normalized spacial score (nSPS) is 24.9. The molecular weight excluding hydrogens is 373 g/mol. The molecule has 29 heavy (non-hydrogen) atoms. The molecule has 3 heterocycles. The van der Waals surface area contributed by atoms with E-state index in [1.54, 1.807) is 23.0 Å². The number of aliphatic hydroxyl groups excluding tert-OH is 2. The maximum atomic E-state index is 13.3. The molecule has 0 spiro atoms. The highest BCUT2D eigenvalue weighted by molar-refractivity contribution is 5.69. The van der Waals surface area contributed by atoms with Crippen LogP contribution in [0.5, 0.6) is 0 Å². The molecule has 2 aromatic heterocycles. The average Bonchev–Trinajstić information content (AvgIpc) is 3.48. The first-order valence-electron chi connectivity index (χ1n) is 10.1. The Bertz CT molecular complexity index is 1020.